The second kappa shape index (κ2) is 35.4. The Hall–Kier alpha value is -3.58. The lowest BCUT2D eigenvalue weighted by Gasteiger charge is -2.19. The number of hydrogen-bond donors (Lipinski definition) is 8. The predicted molar refractivity (Wildman–Crippen MR) is 218 cm³/mol. The average Bonchev–Trinajstić information content (AvgIpc) is 3.12. The highest BCUT2D eigenvalue weighted by atomic mass is 16.2. The van der Waals surface area contributed by atoms with Gasteiger partial charge in [-0.25, -0.2) is 0 Å². The van der Waals surface area contributed by atoms with Gasteiger partial charge in [-0.3, -0.25) is 29.2 Å². The topological polar surface area (TPSA) is 245 Å². The number of nitrogens with one attached hydrogen (secondary N) is 4. The fourth-order valence-electron chi connectivity index (χ4n) is 6.03. The Balaban J connectivity index is 4.75. The van der Waals surface area contributed by atoms with Crippen LogP contribution in [0.4, 0.5) is 0 Å². The van der Waals surface area contributed by atoms with Crippen LogP contribution >= 0.6 is 0 Å². The van der Waals surface area contributed by atoms with Gasteiger partial charge in [-0.05, 0) is 44.9 Å². The summed E-state index contributed by atoms with van der Waals surface area (Å²) < 4.78 is 0. The maximum absolute atomic E-state index is 13.1. The molecular formula is C39H78N10O4. The van der Waals surface area contributed by atoms with Crippen molar-refractivity contribution in [3.8, 4) is 0 Å². The number of rotatable bonds is 36. The first-order valence-electron chi connectivity index (χ1n) is 20.9. The quantitative estimate of drug-likeness (QED) is 0.0256. The molecule has 308 valence electrons. The Kier molecular flexibility index (Phi) is 33.1. The van der Waals surface area contributed by atoms with Gasteiger partial charge in [-0.2, -0.15) is 0 Å². The number of nitrogens with two attached hydrogens (primary N) is 4. The zero-order valence-corrected chi connectivity index (χ0v) is 33.5. The molecule has 0 aromatic carbocycles. The van der Waals surface area contributed by atoms with Crippen molar-refractivity contribution in [1.29, 1.82) is 0 Å². The van der Waals surface area contributed by atoms with Crippen molar-refractivity contribution in [3.63, 3.8) is 0 Å². The van der Waals surface area contributed by atoms with E-state index in [-0.39, 0.29) is 35.5 Å². The van der Waals surface area contributed by atoms with Crippen molar-refractivity contribution >= 4 is 35.5 Å². The van der Waals surface area contributed by atoms with E-state index < -0.39 is 12.1 Å². The molecule has 0 saturated carbocycles. The summed E-state index contributed by atoms with van der Waals surface area (Å²) in [5.41, 5.74) is 21.7. The third kappa shape index (κ3) is 32.8. The molecule has 0 aromatic rings. The van der Waals surface area contributed by atoms with Gasteiger partial charge in [0.25, 0.3) is 0 Å². The Morgan fingerprint density at radius 3 is 1.09 bits per heavy atom. The van der Waals surface area contributed by atoms with E-state index in [0.717, 1.165) is 38.5 Å². The second-order valence-corrected chi connectivity index (χ2v) is 14.2. The van der Waals surface area contributed by atoms with Crippen LogP contribution in [0.3, 0.4) is 0 Å². The predicted octanol–water partition coefficient (Wildman–Crippen LogP) is 4.53. The first kappa shape index (κ1) is 49.4. The first-order valence-corrected chi connectivity index (χ1v) is 20.9. The van der Waals surface area contributed by atoms with Crippen LogP contribution in [-0.2, 0) is 19.2 Å². The van der Waals surface area contributed by atoms with E-state index in [9.17, 15) is 19.2 Å². The van der Waals surface area contributed by atoms with Gasteiger partial charge in [0, 0.05) is 39.0 Å². The van der Waals surface area contributed by atoms with Crippen molar-refractivity contribution in [1.82, 2.24) is 21.3 Å². The van der Waals surface area contributed by atoms with Crippen LogP contribution in [0.2, 0.25) is 0 Å². The van der Waals surface area contributed by atoms with E-state index in [1.54, 1.807) is 0 Å². The lowest BCUT2D eigenvalue weighted by Crippen LogP contribution is -2.48. The molecule has 0 rings (SSSR count). The molecule has 0 saturated heterocycles. The number of hydrogen-bond acceptors (Lipinski definition) is 6. The molecule has 0 unspecified atom stereocenters. The van der Waals surface area contributed by atoms with Crippen molar-refractivity contribution in [3.05, 3.63) is 0 Å². The second-order valence-electron chi connectivity index (χ2n) is 14.2. The van der Waals surface area contributed by atoms with Gasteiger partial charge >= 0.3 is 0 Å². The maximum atomic E-state index is 13.1. The molecule has 14 heteroatoms. The van der Waals surface area contributed by atoms with Crippen molar-refractivity contribution in [2.75, 3.05) is 26.2 Å². The Morgan fingerprint density at radius 1 is 0.453 bits per heavy atom. The van der Waals surface area contributed by atoms with E-state index >= 15 is 0 Å². The molecule has 0 bridgehead atoms. The summed E-state index contributed by atoms with van der Waals surface area (Å²) in [5, 5.41) is 11.5. The minimum Gasteiger partial charge on any atom is -0.370 e. The smallest absolute Gasteiger partial charge is 0.242 e. The highest BCUT2D eigenvalue weighted by molar-refractivity contribution is 5.88. The molecule has 2 atom stereocenters. The van der Waals surface area contributed by atoms with Crippen LogP contribution in [0, 0.1) is 0 Å². The number of guanidine groups is 2. The molecule has 0 aromatic heterocycles. The molecule has 0 aliphatic heterocycles. The molecule has 53 heavy (non-hydrogen) atoms. The van der Waals surface area contributed by atoms with Crippen LogP contribution in [0.15, 0.2) is 9.98 Å². The normalized spacial score (nSPS) is 12.0. The number of nitrogens with zero attached hydrogens (tertiary/aromatic N) is 2. The summed E-state index contributed by atoms with van der Waals surface area (Å²) in [6.45, 7) is 5.75. The third-order valence-electron chi connectivity index (χ3n) is 9.16. The molecule has 4 amide bonds. The van der Waals surface area contributed by atoms with Crippen LogP contribution in [0.1, 0.15) is 174 Å². The number of amides is 4. The van der Waals surface area contributed by atoms with Gasteiger partial charge < -0.3 is 44.2 Å². The lowest BCUT2D eigenvalue weighted by atomic mass is 10.1. The summed E-state index contributed by atoms with van der Waals surface area (Å²) in [7, 11) is 0. The Labute approximate surface area is 321 Å². The third-order valence-corrected chi connectivity index (χ3v) is 9.16. The van der Waals surface area contributed by atoms with Crippen LogP contribution in [0.25, 0.3) is 0 Å². The molecule has 0 radical (unpaired) electrons. The molecule has 0 aliphatic carbocycles. The fraction of sp³-hybridized carbons (Fsp3) is 0.846. The molecule has 0 aliphatic rings. The van der Waals surface area contributed by atoms with Crippen molar-refractivity contribution in [2.45, 2.75) is 186 Å². The van der Waals surface area contributed by atoms with Gasteiger partial charge in [0.2, 0.25) is 23.6 Å². The minimum absolute atomic E-state index is 0.0168. The average molecular weight is 751 g/mol. The summed E-state index contributed by atoms with van der Waals surface area (Å²) in [4.78, 5) is 59.5. The summed E-state index contributed by atoms with van der Waals surface area (Å²) in [6, 6.07) is -1.42. The largest absolute Gasteiger partial charge is 0.370 e. The lowest BCUT2D eigenvalue weighted by molar-refractivity contribution is -0.129. The van der Waals surface area contributed by atoms with E-state index in [0.29, 0.717) is 71.1 Å². The summed E-state index contributed by atoms with van der Waals surface area (Å²) in [6.07, 6.45) is 23.9. The van der Waals surface area contributed by atoms with Gasteiger partial charge in [-0.15, -0.1) is 0 Å². The monoisotopic (exact) mass is 751 g/mol. The summed E-state index contributed by atoms with van der Waals surface area (Å²) >= 11 is 0. The van der Waals surface area contributed by atoms with Gasteiger partial charge in [0.1, 0.15) is 12.1 Å². The van der Waals surface area contributed by atoms with Crippen molar-refractivity contribution < 1.29 is 19.2 Å². The van der Waals surface area contributed by atoms with E-state index in [1.165, 1.54) is 77.0 Å². The number of aliphatic imine (C=N–C) groups is 2. The molecular weight excluding hydrogens is 672 g/mol. The van der Waals surface area contributed by atoms with E-state index in [1.807, 2.05) is 0 Å². The zero-order chi connectivity index (χ0) is 39.4. The van der Waals surface area contributed by atoms with Crippen LogP contribution < -0.4 is 44.2 Å². The van der Waals surface area contributed by atoms with Gasteiger partial charge in [0.05, 0.1) is 0 Å². The maximum Gasteiger partial charge on any atom is 0.242 e. The van der Waals surface area contributed by atoms with E-state index in [2.05, 4.69) is 45.1 Å². The zero-order valence-electron chi connectivity index (χ0n) is 33.5. The van der Waals surface area contributed by atoms with Crippen LogP contribution in [-0.4, -0.2) is 73.8 Å². The summed E-state index contributed by atoms with van der Waals surface area (Å²) in [5.74, 6) is -0.903. The molecule has 12 N–H and O–H groups in total. The highest BCUT2D eigenvalue weighted by Gasteiger charge is 2.21. The minimum atomic E-state index is -0.708. The van der Waals surface area contributed by atoms with Crippen LogP contribution in [0.5, 0.6) is 0 Å². The Morgan fingerprint density at radius 2 is 0.774 bits per heavy atom. The number of unbranched alkanes of at least 4 members (excludes halogenated alkanes) is 16. The first-order chi connectivity index (χ1) is 25.6. The highest BCUT2D eigenvalue weighted by Crippen LogP contribution is 2.12. The fourth-order valence-corrected chi connectivity index (χ4v) is 6.03. The Bertz CT molecular complexity index is 938. The van der Waals surface area contributed by atoms with Gasteiger partial charge in [0.15, 0.2) is 11.9 Å². The number of carbonyl (C=O) groups is 4. The van der Waals surface area contributed by atoms with Gasteiger partial charge in [-0.1, -0.05) is 117 Å². The van der Waals surface area contributed by atoms with E-state index in [4.69, 9.17) is 22.9 Å². The number of carbonyl (C=O) groups excluding carboxylic acids is 4. The van der Waals surface area contributed by atoms with Crippen molar-refractivity contribution in [2.24, 2.45) is 32.9 Å². The molecule has 0 heterocycles. The molecule has 0 fully saturated rings. The molecule has 0 spiro atoms. The molecule has 14 nitrogen and oxygen atoms in total. The SMILES string of the molecule is CCCCCCCCCCCC(=O)N[C@@H](CCCN=C(N)N)C(=O)NCCCNC(=O)[C@H](CCCN=C(N)N)NC(=O)CCCCCCCCCCC. The standard InChI is InChI=1S/C39H78N10O4/c1-3-5-7-9-11-13-15-17-19-26-34(50)48-32(24-21-28-46-38(40)41)36(52)44-30-23-31-45-37(53)33(25-22-29-47-39(42)43)49-35(51)27-20-18-16-14-12-10-8-6-4-2/h32-33H,3-31H2,1-2H3,(H,44,52)(H,45,53)(H,48,50)(H,49,51)(H4,40,41,46)(H4,42,43,47)/t32-,33-/m0/s1.